The Morgan fingerprint density at radius 3 is 2.72 bits per heavy atom. The van der Waals surface area contributed by atoms with Gasteiger partial charge in [0.05, 0.1) is 10.3 Å². The first-order valence-corrected chi connectivity index (χ1v) is 7.99. The van der Waals surface area contributed by atoms with Crippen LogP contribution in [0.15, 0.2) is 34.5 Å². The van der Waals surface area contributed by atoms with Gasteiger partial charge in [0.2, 0.25) is 0 Å². The minimum absolute atomic E-state index is 0.223. The monoisotopic (exact) mass is 317 g/mol. The normalized spacial score (nSPS) is 12.7. The molecular formula is C13H13Cl2NS2. The molecule has 5 heteroatoms. The lowest BCUT2D eigenvalue weighted by Gasteiger charge is -2.15. The van der Waals surface area contributed by atoms with Crippen LogP contribution in [0, 0.1) is 6.92 Å². The second kappa shape index (κ2) is 6.31. The molecule has 1 aromatic carbocycles. The van der Waals surface area contributed by atoms with Gasteiger partial charge in [-0.1, -0.05) is 23.2 Å². The molecule has 2 aromatic rings. The highest BCUT2D eigenvalue weighted by Gasteiger charge is 2.16. The van der Waals surface area contributed by atoms with Crippen LogP contribution in [0.25, 0.3) is 0 Å². The van der Waals surface area contributed by atoms with Gasteiger partial charge < -0.3 is 5.73 Å². The summed E-state index contributed by atoms with van der Waals surface area (Å²) >= 11 is 15.6. The third-order valence-electron chi connectivity index (χ3n) is 2.57. The first-order chi connectivity index (χ1) is 8.61. The van der Waals surface area contributed by atoms with Crippen molar-refractivity contribution < 1.29 is 0 Å². The minimum Gasteiger partial charge on any atom is -0.329 e. The standard InChI is InChI=1S/C13H13Cl2NS2/c1-8-4-5-17-13(8)12(7-16)18-11-6-9(14)2-3-10(11)15/h2-6,12H,7,16H2,1H3. The van der Waals surface area contributed by atoms with Crippen molar-refractivity contribution in [3.63, 3.8) is 0 Å². The Morgan fingerprint density at radius 2 is 2.11 bits per heavy atom. The van der Waals surface area contributed by atoms with Gasteiger partial charge in [0.1, 0.15) is 0 Å². The molecule has 0 spiro atoms. The van der Waals surface area contributed by atoms with Gasteiger partial charge in [-0.05, 0) is 42.1 Å². The van der Waals surface area contributed by atoms with Crippen LogP contribution in [0.2, 0.25) is 10.0 Å². The Hall–Kier alpha value is -0.190. The van der Waals surface area contributed by atoms with Crippen LogP contribution in [0.4, 0.5) is 0 Å². The zero-order chi connectivity index (χ0) is 13.1. The molecule has 2 rings (SSSR count). The molecule has 0 aliphatic carbocycles. The summed E-state index contributed by atoms with van der Waals surface area (Å²) in [6.07, 6.45) is 0. The van der Waals surface area contributed by atoms with Gasteiger partial charge in [0.15, 0.2) is 0 Å². The van der Waals surface area contributed by atoms with E-state index < -0.39 is 0 Å². The molecule has 0 radical (unpaired) electrons. The SMILES string of the molecule is Cc1ccsc1C(CN)Sc1cc(Cl)ccc1Cl. The number of rotatable bonds is 4. The fraction of sp³-hybridized carbons (Fsp3) is 0.231. The fourth-order valence-corrected chi connectivity index (χ4v) is 4.43. The van der Waals surface area contributed by atoms with E-state index in [1.165, 1.54) is 10.4 Å². The van der Waals surface area contributed by atoms with Crippen molar-refractivity contribution in [3.8, 4) is 0 Å². The first kappa shape index (κ1) is 14.2. The van der Waals surface area contributed by atoms with Crippen LogP contribution in [-0.2, 0) is 0 Å². The van der Waals surface area contributed by atoms with Gasteiger partial charge in [-0.15, -0.1) is 23.1 Å². The van der Waals surface area contributed by atoms with Gasteiger partial charge in [-0.25, -0.2) is 0 Å². The molecule has 1 nitrogen and oxygen atoms in total. The van der Waals surface area contributed by atoms with E-state index in [9.17, 15) is 0 Å². The molecule has 0 bridgehead atoms. The van der Waals surface area contributed by atoms with Crippen molar-refractivity contribution in [1.82, 2.24) is 0 Å². The molecule has 1 aromatic heterocycles. The fourth-order valence-electron chi connectivity index (χ4n) is 1.64. The van der Waals surface area contributed by atoms with E-state index in [0.29, 0.717) is 11.6 Å². The van der Waals surface area contributed by atoms with Crippen molar-refractivity contribution in [2.24, 2.45) is 5.73 Å². The molecule has 2 N–H and O–H groups in total. The van der Waals surface area contributed by atoms with Crippen LogP contribution in [0.5, 0.6) is 0 Å². The van der Waals surface area contributed by atoms with E-state index >= 15 is 0 Å². The summed E-state index contributed by atoms with van der Waals surface area (Å²) in [5.74, 6) is 0. The number of hydrogen-bond acceptors (Lipinski definition) is 3. The Labute approximate surface area is 125 Å². The number of aryl methyl sites for hydroxylation is 1. The highest BCUT2D eigenvalue weighted by molar-refractivity contribution is 7.99. The number of thiophene rings is 1. The Kier molecular flexibility index (Phi) is 4.98. The molecule has 0 saturated heterocycles. The predicted molar refractivity (Wildman–Crippen MR) is 83.2 cm³/mol. The predicted octanol–water partition coefficient (Wildman–Crippen LogP) is 5.16. The molecule has 1 atom stereocenters. The maximum atomic E-state index is 6.18. The lowest BCUT2D eigenvalue weighted by atomic mass is 10.2. The number of thioether (sulfide) groups is 1. The second-order valence-corrected chi connectivity index (χ2v) is 6.92. The third-order valence-corrected chi connectivity index (χ3v) is 5.83. The number of hydrogen-bond donors (Lipinski definition) is 1. The van der Waals surface area contributed by atoms with Gasteiger partial charge in [-0.2, -0.15) is 0 Å². The van der Waals surface area contributed by atoms with E-state index in [-0.39, 0.29) is 5.25 Å². The third kappa shape index (κ3) is 3.22. The molecule has 18 heavy (non-hydrogen) atoms. The van der Waals surface area contributed by atoms with Gasteiger partial charge in [-0.3, -0.25) is 0 Å². The average Bonchev–Trinajstić information content (AvgIpc) is 2.77. The van der Waals surface area contributed by atoms with Gasteiger partial charge in [0, 0.05) is 21.3 Å². The van der Waals surface area contributed by atoms with Crippen LogP contribution in [0.3, 0.4) is 0 Å². The maximum absolute atomic E-state index is 6.18. The molecule has 96 valence electrons. The number of benzene rings is 1. The first-order valence-electron chi connectivity index (χ1n) is 5.47. The Balaban J connectivity index is 2.26. The van der Waals surface area contributed by atoms with E-state index in [2.05, 4.69) is 18.4 Å². The highest BCUT2D eigenvalue weighted by Crippen LogP contribution is 2.41. The quantitative estimate of drug-likeness (QED) is 0.788. The summed E-state index contributed by atoms with van der Waals surface area (Å²) in [7, 11) is 0. The van der Waals surface area contributed by atoms with E-state index in [1.807, 2.05) is 12.1 Å². The molecule has 0 fully saturated rings. The largest absolute Gasteiger partial charge is 0.329 e. The molecule has 0 saturated carbocycles. The van der Waals surface area contributed by atoms with E-state index in [0.717, 1.165) is 9.92 Å². The van der Waals surface area contributed by atoms with E-state index in [4.69, 9.17) is 28.9 Å². The van der Waals surface area contributed by atoms with Crippen LogP contribution in [-0.4, -0.2) is 6.54 Å². The maximum Gasteiger partial charge on any atom is 0.0563 e. The lowest BCUT2D eigenvalue weighted by molar-refractivity contribution is 0.952. The molecule has 0 aliphatic rings. The summed E-state index contributed by atoms with van der Waals surface area (Å²) in [6.45, 7) is 2.68. The number of nitrogens with two attached hydrogens (primary N) is 1. The van der Waals surface area contributed by atoms with Crippen molar-refractivity contribution in [1.29, 1.82) is 0 Å². The zero-order valence-electron chi connectivity index (χ0n) is 9.82. The Bertz CT molecular complexity index is 540. The highest BCUT2D eigenvalue weighted by atomic mass is 35.5. The topological polar surface area (TPSA) is 26.0 Å². The Morgan fingerprint density at radius 1 is 1.33 bits per heavy atom. The van der Waals surface area contributed by atoms with Crippen LogP contribution < -0.4 is 5.73 Å². The summed E-state index contributed by atoms with van der Waals surface area (Å²) in [6, 6.07) is 7.62. The van der Waals surface area contributed by atoms with Crippen molar-refractivity contribution in [2.45, 2.75) is 17.1 Å². The molecule has 1 heterocycles. The van der Waals surface area contributed by atoms with Gasteiger partial charge in [0.25, 0.3) is 0 Å². The summed E-state index contributed by atoms with van der Waals surface area (Å²) in [5.41, 5.74) is 7.16. The minimum atomic E-state index is 0.223. The van der Waals surface area contributed by atoms with Crippen LogP contribution >= 0.6 is 46.3 Å². The van der Waals surface area contributed by atoms with Crippen molar-refractivity contribution >= 4 is 46.3 Å². The van der Waals surface area contributed by atoms with Crippen molar-refractivity contribution in [2.75, 3.05) is 6.54 Å². The second-order valence-electron chi connectivity index (χ2n) is 3.88. The van der Waals surface area contributed by atoms with Crippen molar-refractivity contribution in [3.05, 3.63) is 50.1 Å². The van der Waals surface area contributed by atoms with Gasteiger partial charge >= 0.3 is 0 Å². The van der Waals surface area contributed by atoms with E-state index in [1.54, 1.807) is 29.2 Å². The lowest BCUT2D eigenvalue weighted by Crippen LogP contribution is -2.08. The zero-order valence-corrected chi connectivity index (χ0v) is 13.0. The number of halogens is 2. The molecular weight excluding hydrogens is 305 g/mol. The molecule has 0 aliphatic heterocycles. The van der Waals surface area contributed by atoms with Crippen LogP contribution in [0.1, 0.15) is 15.7 Å². The summed E-state index contributed by atoms with van der Waals surface area (Å²) in [4.78, 5) is 2.28. The molecule has 1 unspecified atom stereocenters. The smallest absolute Gasteiger partial charge is 0.0563 e. The average molecular weight is 318 g/mol. The summed E-state index contributed by atoms with van der Waals surface area (Å²) in [5, 5.41) is 3.73. The summed E-state index contributed by atoms with van der Waals surface area (Å²) < 4.78 is 0. The molecule has 0 amide bonds.